The molecule has 0 spiro atoms. The predicted molar refractivity (Wildman–Crippen MR) is 86.0 cm³/mol. The summed E-state index contributed by atoms with van der Waals surface area (Å²) in [6.07, 6.45) is 3.66. The number of nitrogens with zero attached hydrogens (tertiary/aromatic N) is 2. The van der Waals surface area contributed by atoms with Crippen molar-refractivity contribution < 1.29 is 0 Å². The molecule has 0 aliphatic rings. The average Bonchev–Trinajstić information content (AvgIpc) is 2.97. The Morgan fingerprint density at radius 2 is 1.76 bits per heavy atom. The molecule has 21 heavy (non-hydrogen) atoms. The molecule has 1 atom stereocenters. The van der Waals surface area contributed by atoms with E-state index in [2.05, 4.69) is 9.55 Å². The fourth-order valence-electron chi connectivity index (χ4n) is 2.34. The van der Waals surface area contributed by atoms with Gasteiger partial charge in [0.1, 0.15) is 0 Å². The Hall–Kier alpha value is -2.10. The minimum absolute atomic E-state index is 0.0635. The SMILES string of the molecule is NC(Cn1cncc1-c1ccc(Cl)cc1)c1ccccc1. The van der Waals surface area contributed by atoms with Gasteiger partial charge in [0.15, 0.2) is 0 Å². The van der Waals surface area contributed by atoms with Crippen LogP contribution in [0.4, 0.5) is 0 Å². The number of benzene rings is 2. The minimum Gasteiger partial charge on any atom is -0.329 e. The third-order valence-corrected chi connectivity index (χ3v) is 3.73. The van der Waals surface area contributed by atoms with Gasteiger partial charge in [0, 0.05) is 17.6 Å². The lowest BCUT2D eigenvalue weighted by Crippen LogP contribution is -2.17. The van der Waals surface area contributed by atoms with Crippen LogP contribution in [-0.4, -0.2) is 9.55 Å². The second-order valence-corrected chi connectivity index (χ2v) is 5.39. The molecule has 0 fully saturated rings. The van der Waals surface area contributed by atoms with Crippen molar-refractivity contribution in [2.45, 2.75) is 12.6 Å². The molecule has 106 valence electrons. The molecular formula is C17H16ClN3. The number of hydrogen-bond donors (Lipinski definition) is 1. The van der Waals surface area contributed by atoms with Gasteiger partial charge in [0.2, 0.25) is 0 Å². The van der Waals surface area contributed by atoms with Crippen molar-refractivity contribution in [1.29, 1.82) is 0 Å². The Morgan fingerprint density at radius 3 is 2.48 bits per heavy atom. The molecule has 3 nitrogen and oxygen atoms in total. The molecule has 1 aromatic heterocycles. The van der Waals surface area contributed by atoms with Crippen molar-refractivity contribution in [3.05, 3.63) is 77.7 Å². The molecule has 0 aliphatic heterocycles. The number of imidazole rings is 1. The first kappa shape index (κ1) is 13.9. The summed E-state index contributed by atoms with van der Waals surface area (Å²) >= 11 is 5.93. The lowest BCUT2D eigenvalue weighted by Gasteiger charge is -2.15. The topological polar surface area (TPSA) is 43.8 Å². The van der Waals surface area contributed by atoms with Gasteiger partial charge in [-0.15, -0.1) is 0 Å². The fourth-order valence-corrected chi connectivity index (χ4v) is 2.47. The Bertz CT molecular complexity index is 704. The quantitative estimate of drug-likeness (QED) is 0.793. The highest BCUT2D eigenvalue weighted by molar-refractivity contribution is 6.30. The van der Waals surface area contributed by atoms with E-state index in [0.29, 0.717) is 6.54 Å². The first-order valence-corrected chi connectivity index (χ1v) is 7.18. The maximum atomic E-state index is 6.29. The van der Waals surface area contributed by atoms with E-state index >= 15 is 0 Å². The smallest absolute Gasteiger partial charge is 0.0951 e. The minimum atomic E-state index is -0.0635. The number of nitrogens with two attached hydrogens (primary N) is 1. The molecule has 0 radical (unpaired) electrons. The molecule has 3 rings (SSSR count). The van der Waals surface area contributed by atoms with E-state index in [1.807, 2.05) is 67.1 Å². The normalized spacial score (nSPS) is 12.3. The molecule has 1 heterocycles. The molecule has 0 saturated heterocycles. The van der Waals surface area contributed by atoms with E-state index in [9.17, 15) is 0 Å². The second-order valence-electron chi connectivity index (χ2n) is 4.96. The maximum absolute atomic E-state index is 6.29. The van der Waals surface area contributed by atoms with Crippen molar-refractivity contribution in [1.82, 2.24) is 9.55 Å². The van der Waals surface area contributed by atoms with Gasteiger partial charge in [-0.1, -0.05) is 54.1 Å². The van der Waals surface area contributed by atoms with Gasteiger partial charge >= 0.3 is 0 Å². The van der Waals surface area contributed by atoms with E-state index in [4.69, 9.17) is 17.3 Å². The molecule has 2 N–H and O–H groups in total. The van der Waals surface area contributed by atoms with Gasteiger partial charge in [0.05, 0.1) is 18.2 Å². The number of rotatable bonds is 4. The van der Waals surface area contributed by atoms with Crippen LogP contribution < -0.4 is 5.73 Å². The summed E-state index contributed by atoms with van der Waals surface area (Å²) < 4.78 is 2.07. The van der Waals surface area contributed by atoms with Gasteiger partial charge in [-0.3, -0.25) is 0 Å². The third-order valence-electron chi connectivity index (χ3n) is 3.47. The van der Waals surface area contributed by atoms with Crippen LogP contribution in [0.3, 0.4) is 0 Å². The zero-order valence-corrected chi connectivity index (χ0v) is 12.2. The van der Waals surface area contributed by atoms with Gasteiger partial charge in [0.25, 0.3) is 0 Å². The molecular weight excluding hydrogens is 282 g/mol. The van der Waals surface area contributed by atoms with Crippen molar-refractivity contribution in [3.8, 4) is 11.3 Å². The molecule has 2 aromatic carbocycles. The third kappa shape index (κ3) is 3.15. The van der Waals surface area contributed by atoms with Crippen LogP contribution in [0.5, 0.6) is 0 Å². The van der Waals surface area contributed by atoms with Crippen molar-refractivity contribution >= 4 is 11.6 Å². The first-order valence-electron chi connectivity index (χ1n) is 6.80. The summed E-state index contributed by atoms with van der Waals surface area (Å²) in [4.78, 5) is 4.24. The molecule has 0 bridgehead atoms. The highest BCUT2D eigenvalue weighted by Crippen LogP contribution is 2.23. The van der Waals surface area contributed by atoms with Crippen LogP contribution in [0, 0.1) is 0 Å². The van der Waals surface area contributed by atoms with Gasteiger partial charge in [-0.05, 0) is 23.3 Å². The van der Waals surface area contributed by atoms with Gasteiger partial charge in [-0.25, -0.2) is 4.98 Å². The second kappa shape index (κ2) is 6.12. The number of hydrogen-bond acceptors (Lipinski definition) is 2. The lowest BCUT2D eigenvalue weighted by molar-refractivity contribution is 0.580. The summed E-state index contributed by atoms with van der Waals surface area (Å²) in [5.41, 5.74) is 9.53. The Labute approximate surface area is 129 Å². The molecule has 3 aromatic rings. The van der Waals surface area contributed by atoms with Crippen LogP contribution in [0.15, 0.2) is 67.1 Å². The Balaban J connectivity index is 1.84. The Kier molecular flexibility index (Phi) is 4.04. The zero-order valence-electron chi connectivity index (χ0n) is 11.5. The first-order chi connectivity index (χ1) is 10.2. The number of halogens is 1. The average molecular weight is 298 g/mol. The van der Waals surface area contributed by atoms with E-state index in [-0.39, 0.29) is 6.04 Å². The monoisotopic (exact) mass is 297 g/mol. The summed E-state index contributed by atoms with van der Waals surface area (Å²) in [5, 5.41) is 0.728. The van der Waals surface area contributed by atoms with Crippen molar-refractivity contribution in [2.24, 2.45) is 5.73 Å². The highest BCUT2D eigenvalue weighted by atomic mass is 35.5. The Morgan fingerprint density at radius 1 is 1.05 bits per heavy atom. The molecule has 4 heteroatoms. The van der Waals surface area contributed by atoms with Gasteiger partial charge < -0.3 is 10.3 Å². The lowest BCUT2D eigenvalue weighted by atomic mass is 10.1. The summed E-state index contributed by atoms with van der Waals surface area (Å²) in [6, 6.07) is 17.8. The molecule has 1 unspecified atom stereocenters. The van der Waals surface area contributed by atoms with Crippen LogP contribution >= 0.6 is 11.6 Å². The van der Waals surface area contributed by atoms with Crippen LogP contribution in [0.25, 0.3) is 11.3 Å². The predicted octanol–water partition coefficient (Wildman–Crippen LogP) is 3.90. The van der Waals surface area contributed by atoms with Gasteiger partial charge in [-0.2, -0.15) is 0 Å². The van der Waals surface area contributed by atoms with E-state index in [0.717, 1.165) is 21.8 Å². The van der Waals surface area contributed by atoms with Crippen LogP contribution in [-0.2, 0) is 6.54 Å². The zero-order chi connectivity index (χ0) is 14.7. The van der Waals surface area contributed by atoms with Crippen LogP contribution in [0.2, 0.25) is 5.02 Å². The summed E-state index contributed by atoms with van der Waals surface area (Å²) in [6.45, 7) is 0.683. The largest absolute Gasteiger partial charge is 0.329 e. The van der Waals surface area contributed by atoms with E-state index in [1.54, 1.807) is 0 Å². The molecule has 0 aliphatic carbocycles. The summed E-state index contributed by atoms with van der Waals surface area (Å²) in [5.74, 6) is 0. The van der Waals surface area contributed by atoms with Crippen molar-refractivity contribution in [2.75, 3.05) is 0 Å². The molecule has 0 saturated carbocycles. The highest BCUT2D eigenvalue weighted by Gasteiger charge is 2.10. The standard InChI is InChI=1S/C17H16ClN3/c18-15-8-6-14(7-9-15)17-10-20-12-21(17)11-16(19)13-4-2-1-3-5-13/h1-10,12,16H,11,19H2. The maximum Gasteiger partial charge on any atom is 0.0951 e. The van der Waals surface area contributed by atoms with Crippen LogP contribution in [0.1, 0.15) is 11.6 Å². The summed E-state index contributed by atoms with van der Waals surface area (Å²) in [7, 11) is 0. The van der Waals surface area contributed by atoms with Crippen molar-refractivity contribution in [3.63, 3.8) is 0 Å². The van der Waals surface area contributed by atoms with E-state index in [1.165, 1.54) is 0 Å². The van der Waals surface area contributed by atoms with E-state index < -0.39 is 0 Å². The molecule has 0 amide bonds. The number of aromatic nitrogens is 2. The fraction of sp³-hybridized carbons (Fsp3) is 0.118.